The molecule has 7 heteroatoms. The molecule has 3 rings (SSSR count). The van der Waals surface area contributed by atoms with Crippen molar-refractivity contribution in [1.82, 2.24) is 14.7 Å². The van der Waals surface area contributed by atoms with Crippen molar-refractivity contribution in [3.63, 3.8) is 0 Å². The Morgan fingerprint density at radius 3 is 2.91 bits per heavy atom. The number of amides is 1. The molecule has 0 unspecified atom stereocenters. The van der Waals surface area contributed by atoms with E-state index in [9.17, 15) is 13.6 Å². The lowest BCUT2D eigenvalue weighted by atomic mass is 10.0. The molecule has 0 radical (unpaired) electrons. The van der Waals surface area contributed by atoms with Crippen LogP contribution in [0.4, 0.5) is 8.78 Å². The van der Waals surface area contributed by atoms with Gasteiger partial charge in [-0.15, -0.1) is 0 Å². The summed E-state index contributed by atoms with van der Waals surface area (Å²) < 4.78 is 28.9. The summed E-state index contributed by atoms with van der Waals surface area (Å²) in [5.41, 5.74) is 0.932. The highest BCUT2D eigenvalue weighted by molar-refractivity contribution is 6.31. The van der Waals surface area contributed by atoms with Crippen molar-refractivity contribution < 1.29 is 13.6 Å². The average Bonchev–Trinajstić information content (AvgIpc) is 3.14. The second-order valence-corrected chi connectivity index (χ2v) is 6.23. The predicted octanol–water partition coefficient (Wildman–Crippen LogP) is 3.06. The lowest BCUT2D eigenvalue weighted by Crippen LogP contribution is -2.29. The molecule has 0 saturated carbocycles. The Morgan fingerprint density at radius 1 is 1.43 bits per heavy atom. The van der Waals surface area contributed by atoms with Crippen molar-refractivity contribution >= 4 is 17.5 Å². The minimum Gasteiger partial charge on any atom is -0.338 e. The normalized spacial score (nSPS) is 17.7. The topological polar surface area (TPSA) is 38.1 Å². The maximum atomic E-state index is 14.0. The van der Waals surface area contributed by atoms with Crippen LogP contribution >= 0.6 is 11.6 Å². The summed E-state index contributed by atoms with van der Waals surface area (Å²) in [5.74, 6) is -2.00. The standard InChI is InChI=1S/C16H16ClF2N3O/c1-21-8-11(7-20-21)6-10-4-5-22(9-10)16(23)12-2-3-13(18)14(17)15(12)19/h2-3,7-8,10H,4-6,9H2,1H3/t10-/m0/s1. The number of aryl methyl sites for hydroxylation is 1. The summed E-state index contributed by atoms with van der Waals surface area (Å²) in [6.45, 7) is 1.10. The van der Waals surface area contributed by atoms with E-state index in [1.165, 1.54) is 0 Å². The number of benzene rings is 1. The molecule has 1 aromatic heterocycles. The zero-order chi connectivity index (χ0) is 16.6. The van der Waals surface area contributed by atoms with Gasteiger partial charge in [0.25, 0.3) is 5.91 Å². The number of aromatic nitrogens is 2. The monoisotopic (exact) mass is 339 g/mol. The average molecular weight is 340 g/mol. The Bertz CT molecular complexity index is 747. The number of hydrogen-bond donors (Lipinski definition) is 0. The molecule has 1 saturated heterocycles. The van der Waals surface area contributed by atoms with E-state index in [-0.39, 0.29) is 5.56 Å². The fourth-order valence-corrected chi connectivity index (χ4v) is 3.12. The smallest absolute Gasteiger partial charge is 0.256 e. The zero-order valence-corrected chi connectivity index (χ0v) is 13.4. The zero-order valence-electron chi connectivity index (χ0n) is 12.6. The molecule has 1 fully saturated rings. The number of likely N-dealkylation sites (tertiary alicyclic amines) is 1. The van der Waals surface area contributed by atoms with Crippen molar-refractivity contribution in [1.29, 1.82) is 0 Å². The second kappa shape index (κ2) is 6.28. The maximum absolute atomic E-state index is 14.0. The maximum Gasteiger partial charge on any atom is 0.256 e. The number of nitrogens with zero attached hydrogens (tertiary/aromatic N) is 3. The molecule has 1 aliphatic heterocycles. The molecule has 2 heterocycles. The van der Waals surface area contributed by atoms with Gasteiger partial charge in [0.1, 0.15) is 10.8 Å². The first-order chi connectivity index (χ1) is 11.0. The Labute approximate surface area is 137 Å². The molecular formula is C16H16ClF2N3O. The van der Waals surface area contributed by atoms with E-state index in [4.69, 9.17) is 11.6 Å². The first-order valence-corrected chi connectivity index (χ1v) is 7.74. The van der Waals surface area contributed by atoms with Gasteiger partial charge in [0, 0.05) is 26.3 Å². The number of rotatable bonds is 3. The molecule has 23 heavy (non-hydrogen) atoms. The highest BCUT2D eigenvalue weighted by Crippen LogP contribution is 2.26. The van der Waals surface area contributed by atoms with Gasteiger partial charge in [0.05, 0.1) is 11.8 Å². The second-order valence-electron chi connectivity index (χ2n) is 5.86. The molecule has 4 nitrogen and oxygen atoms in total. The van der Waals surface area contributed by atoms with Crippen LogP contribution in [0.3, 0.4) is 0 Å². The molecule has 0 bridgehead atoms. The van der Waals surface area contributed by atoms with Gasteiger partial charge in [0.15, 0.2) is 5.82 Å². The number of hydrogen-bond acceptors (Lipinski definition) is 2. The van der Waals surface area contributed by atoms with Crippen molar-refractivity contribution in [3.05, 3.63) is 52.3 Å². The number of carbonyl (C=O) groups excluding carboxylic acids is 1. The van der Waals surface area contributed by atoms with E-state index in [1.807, 2.05) is 19.4 Å². The first-order valence-electron chi connectivity index (χ1n) is 7.36. The molecular weight excluding hydrogens is 324 g/mol. The predicted molar refractivity (Wildman–Crippen MR) is 82.3 cm³/mol. The molecule has 0 aliphatic carbocycles. The van der Waals surface area contributed by atoms with E-state index in [0.29, 0.717) is 19.0 Å². The number of carbonyl (C=O) groups is 1. The van der Waals surface area contributed by atoms with Gasteiger partial charge in [-0.2, -0.15) is 5.10 Å². The molecule has 2 aromatic rings. The summed E-state index contributed by atoms with van der Waals surface area (Å²) >= 11 is 5.54. The van der Waals surface area contributed by atoms with Gasteiger partial charge in [-0.25, -0.2) is 8.78 Å². The quantitative estimate of drug-likeness (QED) is 0.806. The molecule has 1 amide bonds. The molecule has 1 aromatic carbocycles. The summed E-state index contributed by atoms with van der Waals surface area (Å²) in [5, 5.41) is 3.49. The van der Waals surface area contributed by atoms with Crippen molar-refractivity contribution in [2.45, 2.75) is 12.8 Å². The highest BCUT2D eigenvalue weighted by Gasteiger charge is 2.29. The Hall–Kier alpha value is -1.95. The van der Waals surface area contributed by atoms with E-state index >= 15 is 0 Å². The SMILES string of the molecule is Cn1cc(C[C@@H]2CCN(C(=O)c3ccc(F)c(Cl)c3F)C2)cn1. The van der Waals surface area contributed by atoms with Gasteiger partial charge >= 0.3 is 0 Å². The molecule has 1 aliphatic rings. The van der Waals surface area contributed by atoms with Gasteiger partial charge in [-0.3, -0.25) is 9.48 Å². The Balaban J connectivity index is 1.69. The summed E-state index contributed by atoms with van der Waals surface area (Å²) in [4.78, 5) is 14.0. The largest absolute Gasteiger partial charge is 0.338 e. The van der Waals surface area contributed by atoms with Gasteiger partial charge < -0.3 is 4.90 Å². The summed E-state index contributed by atoms with van der Waals surface area (Å²) in [6.07, 6.45) is 5.43. The third kappa shape index (κ3) is 3.22. The van der Waals surface area contributed by atoms with Crippen LogP contribution in [-0.2, 0) is 13.5 Å². The first kappa shape index (κ1) is 15.9. The van der Waals surface area contributed by atoms with Crippen molar-refractivity contribution in [2.75, 3.05) is 13.1 Å². The lowest BCUT2D eigenvalue weighted by Gasteiger charge is -2.17. The fraction of sp³-hybridized carbons (Fsp3) is 0.375. The van der Waals surface area contributed by atoms with Crippen LogP contribution in [0.25, 0.3) is 0 Å². The molecule has 1 atom stereocenters. The highest BCUT2D eigenvalue weighted by atomic mass is 35.5. The fourth-order valence-electron chi connectivity index (χ4n) is 2.96. The molecule has 0 N–H and O–H groups in total. The van der Waals surface area contributed by atoms with E-state index < -0.39 is 22.6 Å². The van der Waals surface area contributed by atoms with E-state index in [2.05, 4.69) is 5.10 Å². The third-order valence-corrected chi connectivity index (χ3v) is 4.47. The van der Waals surface area contributed by atoms with Crippen molar-refractivity contribution in [2.24, 2.45) is 13.0 Å². The minimum atomic E-state index is -0.993. The van der Waals surface area contributed by atoms with Crippen LogP contribution in [0.2, 0.25) is 5.02 Å². The van der Waals surface area contributed by atoms with Gasteiger partial charge in [-0.05, 0) is 36.5 Å². The third-order valence-electron chi connectivity index (χ3n) is 4.12. The number of halogens is 3. The minimum absolute atomic E-state index is 0.182. The molecule has 122 valence electrons. The van der Waals surface area contributed by atoms with Crippen LogP contribution in [0, 0.1) is 17.6 Å². The molecule has 0 spiro atoms. The van der Waals surface area contributed by atoms with Crippen LogP contribution in [0.15, 0.2) is 24.5 Å². The van der Waals surface area contributed by atoms with Crippen LogP contribution < -0.4 is 0 Å². The van der Waals surface area contributed by atoms with Crippen LogP contribution in [0.5, 0.6) is 0 Å². The van der Waals surface area contributed by atoms with E-state index in [0.717, 1.165) is 30.5 Å². The lowest BCUT2D eigenvalue weighted by molar-refractivity contribution is 0.0782. The van der Waals surface area contributed by atoms with Crippen molar-refractivity contribution in [3.8, 4) is 0 Å². The summed E-state index contributed by atoms with van der Waals surface area (Å²) in [6, 6.07) is 2.16. The van der Waals surface area contributed by atoms with Gasteiger partial charge in [-0.1, -0.05) is 11.6 Å². The van der Waals surface area contributed by atoms with Gasteiger partial charge in [0.2, 0.25) is 0 Å². The van der Waals surface area contributed by atoms with Crippen LogP contribution in [-0.4, -0.2) is 33.7 Å². The summed E-state index contributed by atoms with van der Waals surface area (Å²) in [7, 11) is 1.86. The Morgan fingerprint density at radius 2 is 2.22 bits per heavy atom. The van der Waals surface area contributed by atoms with E-state index in [1.54, 1.807) is 9.58 Å². The Kier molecular flexibility index (Phi) is 4.35. The van der Waals surface area contributed by atoms with Crippen LogP contribution in [0.1, 0.15) is 22.3 Å².